The van der Waals surface area contributed by atoms with Gasteiger partial charge in [-0.3, -0.25) is 4.74 Å². The maximum Gasteiger partial charge on any atom is 0.522 e. The molecular weight excluding hydrogens is 283 g/mol. The van der Waals surface area contributed by atoms with Crippen LogP contribution in [0.25, 0.3) is 0 Å². The van der Waals surface area contributed by atoms with E-state index in [0.717, 1.165) is 11.8 Å². The summed E-state index contributed by atoms with van der Waals surface area (Å²) in [5, 5.41) is 14.7. The number of halogens is 3. The van der Waals surface area contributed by atoms with E-state index in [4.69, 9.17) is 0 Å². The molecule has 19 heavy (non-hydrogen) atoms. The maximum absolute atomic E-state index is 11.8. The predicted octanol–water partition coefficient (Wildman–Crippen LogP) is 1.30. The third-order valence-electron chi connectivity index (χ3n) is 1.96. The van der Waals surface area contributed by atoms with Crippen LogP contribution >= 0.6 is 11.8 Å². The number of aromatic nitrogens is 4. The first-order chi connectivity index (χ1) is 8.88. The average molecular weight is 299 g/mol. The summed E-state index contributed by atoms with van der Waals surface area (Å²) in [6.07, 6.45) is -4.59. The molecule has 1 aromatic heterocycles. The number of hydrogen-bond acceptors (Lipinski definition) is 6. The number of nitrogens with one attached hydrogen (secondary N) is 1. The zero-order valence-corrected chi connectivity index (χ0v) is 11.5. The van der Waals surface area contributed by atoms with Crippen LogP contribution in [0.4, 0.5) is 13.2 Å². The van der Waals surface area contributed by atoms with Crippen molar-refractivity contribution in [1.29, 1.82) is 0 Å². The van der Waals surface area contributed by atoms with Crippen LogP contribution in [0.1, 0.15) is 13.8 Å². The minimum Gasteiger partial charge on any atom is -0.313 e. The molecule has 1 rings (SSSR count). The third-order valence-corrected chi connectivity index (χ3v) is 2.88. The second-order valence-corrected chi connectivity index (χ2v) is 5.00. The van der Waals surface area contributed by atoms with Gasteiger partial charge in [0.1, 0.15) is 0 Å². The quantitative estimate of drug-likeness (QED) is 0.576. The summed E-state index contributed by atoms with van der Waals surface area (Å²) in [6, 6.07) is 0.354. The average Bonchev–Trinajstić information content (AvgIpc) is 2.70. The summed E-state index contributed by atoms with van der Waals surface area (Å²) >= 11 is 1.13. The van der Waals surface area contributed by atoms with Gasteiger partial charge in [0.15, 0.2) is 0 Å². The Hall–Kier alpha value is -0.870. The Balaban J connectivity index is 2.28. The fraction of sp³-hybridized carbons (Fsp3) is 0.889. The van der Waals surface area contributed by atoms with Crippen molar-refractivity contribution in [3.63, 3.8) is 0 Å². The highest BCUT2D eigenvalue weighted by Crippen LogP contribution is 2.18. The summed E-state index contributed by atoms with van der Waals surface area (Å²) in [7, 11) is 0. The number of ether oxygens (including phenoxy) is 1. The number of thioether (sulfide) groups is 1. The first-order valence-electron chi connectivity index (χ1n) is 5.71. The molecule has 1 N–H and O–H groups in total. The minimum absolute atomic E-state index is 0.136. The van der Waals surface area contributed by atoms with E-state index in [1.807, 2.05) is 13.8 Å². The summed E-state index contributed by atoms with van der Waals surface area (Å²) in [5.74, 6) is 0.136. The van der Waals surface area contributed by atoms with Gasteiger partial charge in [0.25, 0.3) is 0 Å². The van der Waals surface area contributed by atoms with Crippen molar-refractivity contribution in [2.24, 2.45) is 0 Å². The first-order valence-corrected chi connectivity index (χ1v) is 6.70. The zero-order chi connectivity index (χ0) is 14.3. The zero-order valence-electron chi connectivity index (χ0n) is 10.6. The van der Waals surface area contributed by atoms with Gasteiger partial charge >= 0.3 is 6.36 Å². The van der Waals surface area contributed by atoms with E-state index in [9.17, 15) is 13.2 Å². The number of rotatable bonds is 8. The van der Waals surface area contributed by atoms with Gasteiger partial charge in [-0.2, -0.15) is 0 Å². The molecule has 0 radical (unpaired) electrons. The van der Waals surface area contributed by atoms with Crippen LogP contribution in [0.2, 0.25) is 0 Å². The topological polar surface area (TPSA) is 64.9 Å². The fourth-order valence-corrected chi connectivity index (χ4v) is 1.91. The second-order valence-electron chi connectivity index (χ2n) is 3.94. The monoisotopic (exact) mass is 299 g/mol. The van der Waals surface area contributed by atoms with Gasteiger partial charge in [0, 0.05) is 18.3 Å². The fourth-order valence-electron chi connectivity index (χ4n) is 1.19. The molecule has 0 fully saturated rings. The van der Waals surface area contributed by atoms with Crippen LogP contribution < -0.4 is 5.32 Å². The normalized spacial score (nSPS) is 12.3. The van der Waals surface area contributed by atoms with Crippen LogP contribution in [-0.2, 0) is 11.3 Å². The smallest absolute Gasteiger partial charge is 0.313 e. The Morgan fingerprint density at radius 1 is 1.42 bits per heavy atom. The van der Waals surface area contributed by atoms with E-state index in [1.54, 1.807) is 4.68 Å². The van der Waals surface area contributed by atoms with E-state index >= 15 is 0 Å². The Morgan fingerprint density at radius 2 is 2.16 bits per heavy atom. The number of nitrogens with zero attached hydrogens (tertiary/aromatic N) is 4. The molecule has 0 amide bonds. The lowest BCUT2D eigenvalue weighted by atomic mass is 10.4. The highest BCUT2D eigenvalue weighted by atomic mass is 32.2. The van der Waals surface area contributed by atoms with Gasteiger partial charge in [-0.05, 0) is 10.4 Å². The van der Waals surface area contributed by atoms with E-state index < -0.39 is 13.0 Å². The molecule has 0 aliphatic carbocycles. The molecule has 6 nitrogen and oxygen atoms in total. The van der Waals surface area contributed by atoms with Crippen LogP contribution in [0.3, 0.4) is 0 Å². The molecular formula is C9H16F3N5OS. The standard InChI is InChI=1S/C9H16F3N5OS/c1-7(2)13-3-4-17-8(14-15-16-17)19-6-5-18-9(10,11)12/h7,13H,3-6H2,1-2H3. The summed E-state index contributed by atoms with van der Waals surface area (Å²) in [5.41, 5.74) is 0. The molecule has 10 heteroatoms. The van der Waals surface area contributed by atoms with E-state index in [2.05, 4.69) is 25.6 Å². The van der Waals surface area contributed by atoms with Crippen LogP contribution in [-0.4, -0.2) is 51.5 Å². The lowest BCUT2D eigenvalue weighted by molar-refractivity contribution is -0.322. The van der Waals surface area contributed by atoms with Gasteiger partial charge in [-0.25, -0.2) is 4.68 Å². The molecule has 0 aliphatic rings. The number of alkyl halides is 3. The van der Waals surface area contributed by atoms with Crippen LogP contribution in [0, 0.1) is 0 Å². The van der Waals surface area contributed by atoms with Gasteiger partial charge in [-0.15, -0.1) is 18.3 Å². The van der Waals surface area contributed by atoms with Crippen molar-refractivity contribution in [2.75, 3.05) is 18.9 Å². The second kappa shape index (κ2) is 7.65. The Labute approximate surface area is 113 Å². The van der Waals surface area contributed by atoms with Crippen LogP contribution in [0.15, 0.2) is 5.16 Å². The van der Waals surface area contributed by atoms with E-state index in [-0.39, 0.29) is 5.75 Å². The Kier molecular flexibility index (Phi) is 6.52. The number of hydrogen-bond donors (Lipinski definition) is 1. The molecule has 0 saturated heterocycles. The van der Waals surface area contributed by atoms with Crippen molar-refractivity contribution in [3.8, 4) is 0 Å². The highest BCUT2D eigenvalue weighted by molar-refractivity contribution is 7.99. The van der Waals surface area contributed by atoms with Gasteiger partial charge in [0.2, 0.25) is 5.16 Å². The maximum atomic E-state index is 11.8. The van der Waals surface area contributed by atoms with Crippen molar-refractivity contribution in [3.05, 3.63) is 0 Å². The summed E-state index contributed by atoms with van der Waals surface area (Å²) in [6.45, 7) is 4.86. The molecule has 0 bridgehead atoms. The molecule has 0 atom stereocenters. The van der Waals surface area contributed by atoms with Crippen molar-refractivity contribution in [2.45, 2.75) is 38.0 Å². The van der Waals surface area contributed by atoms with Gasteiger partial charge < -0.3 is 5.32 Å². The molecule has 0 unspecified atom stereocenters. The van der Waals surface area contributed by atoms with E-state index in [0.29, 0.717) is 24.3 Å². The van der Waals surface area contributed by atoms with E-state index in [1.165, 1.54) is 0 Å². The minimum atomic E-state index is -4.59. The first kappa shape index (κ1) is 16.2. The molecule has 0 aliphatic heterocycles. The molecule has 0 saturated carbocycles. The molecule has 110 valence electrons. The Bertz CT molecular complexity index is 371. The lowest BCUT2D eigenvalue weighted by Gasteiger charge is -2.09. The molecule has 1 heterocycles. The molecule has 1 aromatic rings. The Morgan fingerprint density at radius 3 is 2.79 bits per heavy atom. The van der Waals surface area contributed by atoms with Crippen molar-refractivity contribution >= 4 is 11.8 Å². The van der Waals surface area contributed by atoms with Crippen molar-refractivity contribution < 1.29 is 17.9 Å². The number of tetrazole rings is 1. The highest BCUT2D eigenvalue weighted by Gasteiger charge is 2.28. The lowest BCUT2D eigenvalue weighted by Crippen LogP contribution is -2.27. The molecule has 0 aromatic carbocycles. The van der Waals surface area contributed by atoms with Gasteiger partial charge in [0.05, 0.1) is 13.2 Å². The van der Waals surface area contributed by atoms with Gasteiger partial charge in [-0.1, -0.05) is 25.6 Å². The molecule has 0 spiro atoms. The van der Waals surface area contributed by atoms with Crippen molar-refractivity contribution in [1.82, 2.24) is 25.5 Å². The summed E-state index contributed by atoms with van der Waals surface area (Å²) in [4.78, 5) is 0. The van der Waals surface area contributed by atoms with Crippen LogP contribution in [0.5, 0.6) is 0 Å². The largest absolute Gasteiger partial charge is 0.522 e. The predicted molar refractivity (Wildman–Crippen MR) is 63.7 cm³/mol. The SMILES string of the molecule is CC(C)NCCn1nnnc1SCCOC(F)(F)F. The summed E-state index contributed by atoms with van der Waals surface area (Å²) < 4.78 is 40.5. The third kappa shape index (κ3) is 7.33.